The molecule has 0 radical (unpaired) electrons. The van der Waals surface area contributed by atoms with Crippen molar-refractivity contribution in [3.63, 3.8) is 0 Å². The molecule has 0 spiro atoms. The fourth-order valence-electron chi connectivity index (χ4n) is 1.71. The second-order valence-corrected chi connectivity index (χ2v) is 3.65. The highest BCUT2D eigenvalue weighted by Gasteiger charge is 2.16. The van der Waals surface area contributed by atoms with Crippen LogP contribution < -0.4 is 11.5 Å². The maximum absolute atomic E-state index is 5.88. The summed E-state index contributed by atoms with van der Waals surface area (Å²) < 4.78 is 5.34. The van der Waals surface area contributed by atoms with Crippen molar-refractivity contribution in [3.05, 3.63) is 17.1 Å². The van der Waals surface area contributed by atoms with Gasteiger partial charge < -0.3 is 16.2 Å². The molecule has 4 N–H and O–H groups in total. The molecule has 0 aromatic carbocycles. The molecule has 82 valence electrons. The molecule has 0 saturated carbocycles. The largest absolute Gasteiger partial charge is 0.383 e. The lowest BCUT2D eigenvalue weighted by Crippen LogP contribution is -2.17. The summed E-state index contributed by atoms with van der Waals surface area (Å²) in [6, 6.07) is 0. The molecule has 5 heteroatoms. The number of aromatic nitrogens is 2. The predicted octanol–water partition coefficient (Wildman–Crippen LogP) is 0.0228. The van der Waals surface area contributed by atoms with Crippen molar-refractivity contribution in [2.24, 2.45) is 5.73 Å². The van der Waals surface area contributed by atoms with Crippen molar-refractivity contribution in [1.82, 2.24) is 9.97 Å². The highest BCUT2D eigenvalue weighted by molar-refractivity contribution is 5.43. The molecule has 0 aliphatic carbocycles. The Labute approximate surface area is 88.8 Å². The Morgan fingerprint density at radius 1 is 1.33 bits per heavy atom. The Morgan fingerprint density at radius 2 is 2.20 bits per heavy atom. The van der Waals surface area contributed by atoms with Crippen LogP contribution in [-0.2, 0) is 24.2 Å². The van der Waals surface area contributed by atoms with Crippen LogP contribution in [0, 0.1) is 0 Å². The van der Waals surface area contributed by atoms with Gasteiger partial charge in [0.1, 0.15) is 11.6 Å². The summed E-state index contributed by atoms with van der Waals surface area (Å²) in [5.74, 6) is 1.39. The van der Waals surface area contributed by atoms with Crippen LogP contribution in [0.15, 0.2) is 0 Å². The number of nitrogens with zero attached hydrogens (tertiary/aromatic N) is 2. The van der Waals surface area contributed by atoms with Gasteiger partial charge in [-0.2, -0.15) is 0 Å². The van der Waals surface area contributed by atoms with Gasteiger partial charge in [-0.25, -0.2) is 9.97 Å². The number of anilines is 1. The second-order valence-electron chi connectivity index (χ2n) is 3.65. The summed E-state index contributed by atoms with van der Waals surface area (Å²) in [5, 5.41) is 0. The lowest BCUT2D eigenvalue weighted by Gasteiger charge is -2.17. The fourth-order valence-corrected chi connectivity index (χ4v) is 1.71. The minimum atomic E-state index is 0.553. The van der Waals surface area contributed by atoms with Gasteiger partial charge in [0.05, 0.1) is 18.9 Å². The monoisotopic (exact) mass is 208 g/mol. The Kier molecular flexibility index (Phi) is 3.13. The molecule has 0 atom stereocenters. The first kappa shape index (κ1) is 10.3. The van der Waals surface area contributed by atoms with Crippen LogP contribution in [0.5, 0.6) is 0 Å². The van der Waals surface area contributed by atoms with Crippen molar-refractivity contribution in [3.8, 4) is 0 Å². The highest BCUT2D eigenvalue weighted by atomic mass is 16.5. The van der Waals surface area contributed by atoms with Crippen LogP contribution in [0.25, 0.3) is 0 Å². The van der Waals surface area contributed by atoms with Crippen LogP contribution in [0.1, 0.15) is 23.5 Å². The first-order chi connectivity index (χ1) is 7.31. The van der Waals surface area contributed by atoms with E-state index in [4.69, 9.17) is 16.2 Å². The summed E-state index contributed by atoms with van der Waals surface area (Å²) in [6.07, 6.45) is 2.49. The summed E-state index contributed by atoms with van der Waals surface area (Å²) in [4.78, 5) is 8.72. The van der Waals surface area contributed by atoms with Gasteiger partial charge in [0, 0.05) is 18.4 Å². The van der Waals surface area contributed by atoms with E-state index in [1.165, 1.54) is 0 Å². The highest BCUT2D eigenvalue weighted by Crippen LogP contribution is 2.19. The number of fused-ring (bicyclic) bond motifs is 1. The Morgan fingerprint density at radius 3 is 3.00 bits per heavy atom. The maximum atomic E-state index is 5.88. The van der Waals surface area contributed by atoms with Crippen LogP contribution in [0.3, 0.4) is 0 Å². The van der Waals surface area contributed by atoms with Gasteiger partial charge in [-0.3, -0.25) is 0 Å². The average Bonchev–Trinajstić information content (AvgIpc) is 2.26. The lowest BCUT2D eigenvalue weighted by molar-refractivity contribution is 0.107. The second kappa shape index (κ2) is 4.55. The van der Waals surface area contributed by atoms with Crippen LogP contribution in [0.2, 0.25) is 0 Å². The zero-order valence-corrected chi connectivity index (χ0v) is 8.70. The van der Waals surface area contributed by atoms with Gasteiger partial charge in [-0.15, -0.1) is 0 Å². The van der Waals surface area contributed by atoms with Crippen molar-refractivity contribution < 1.29 is 4.74 Å². The smallest absolute Gasteiger partial charge is 0.131 e. The van der Waals surface area contributed by atoms with E-state index >= 15 is 0 Å². The van der Waals surface area contributed by atoms with Gasteiger partial charge in [-0.05, 0) is 13.0 Å². The number of nitrogens with two attached hydrogens (primary N) is 2. The summed E-state index contributed by atoms with van der Waals surface area (Å²) >= 11 is 0. The van der Waals surface area contributed by atoms with Crippen LogP contribution in [-0.4, -0.2) is 23.1 Å². The number of hydrogen-bond acceptors (Lipinski definition) is 5. The fraction of sp³-hybridized carbons (Fsp3) is 0.600. The minimum Gasteiger partial charge on any atom is -0.383 e. The molecule has 0 amide bonds. The normalized spacial score (nSPS) is 15.0. The Bertz CT molecular complexity index is 354. The zero-order chi connectivity index (χ0) is 10.7. The third-order valence-electron chi connectivity index (χ3n) is 2.51. The third kappa shape index (κ3) is 2.24. The molecule has 5 nitrogen and oxygen atoms in total. The van der Waals surface area contributed by atoms with E-state index in [1.54, 1.807) is 0 Å². The molecule has 0 saturated heterocycles. The SMILES string of the molecule is NCCCc1nc(N)c2c(n1)COCC2. The standard InChI is InChI=1S/C10H16N4O/c11-4-1-2-9-13-8-6-15-5-3-7(8)10(12)14-9/h1-6,11H2,(H2,12,13,14). The van der Waals surface area contributed by atoms with E-state index < -0.39 is 0 Å². The molecule has 0 unspecified atom stereocenters. The van der Waals surface area contributed by atoms with E-state index in [-0.39, 0.29) is 0 Å². The van der Waals surface area contributed by atoms with Gasteiger partial charge in [0.2, 0.25) is 0 Å². The molecule has 1 aromatic rings. The summed E-state index contributed by atoms with van der Waals surface area (Å²) in [5.41, 5.74) is 13.3. The van der Waals surface area contributed by atoms with Crippen molar-refractivity contribution >= 4 is 5.82 Å². The predicted molar refractivity (Wildman–Crippen MR) is 57.2 cm³/mol. The zero-order valence-electron chi connectivity index (χ0n) is 8.70. The van der Waals surface area contributed by atoms with Crippen molar-refractivity contribution in [1.29, 1.82) is 0 Å². The van der Waals surface area contributed by atoms with E-state index in [9.17, 15) is 0 Å². The Hall–Kier alpha value is -1.20. The summed E-state index contributed by atoms with van der Waals surface area (Å²) in [7, 11) is 0. The molecule has 2 heterocycles. The maximum Gasteiger partial charge on any atom is 0.131 e. The van der Waals surface area contributed by atoms with E-state index in [1.807, 2.05) is 0 Å². The van der Waals surface area contributed by atoms with Gasteiger partial charge >= 0.3 is 0 Å². The van der Waals surface area contributed by atoms with Crippen molar-refractivity contribution in [2.75, 3.05) is 18.9 Å². The molecule has 1 aromatic heterocycles. The molecule has 0 bridgehead atoms. The first-order valence-corrected chi connectivity index (χ1v) is 5.23. The number of nitrogen functional groups attached to an aromatic ring is 1. The molecule has 2 rings (SSSR count). The van der Waals surface area contributed by atoms with E-state index in [0.29, 0.717) is 25.6 Å². The topological polar surface area (TPSA) is 87.0 Å². The van der Waals surface area contributed by atoms with E-state index in [0.717, 1.165) is 36.3 Å². The molecule has 1 aliphatic heterocycles. The number of aryl methyl sites for hydroxylation is 1. The molecule has 1 aliphatic rings. The minimum absolute atomic E-state index is 0.553. The summed E-state index contributed by atoms with van der Waals surface area (Å²) in [6.45, 7) is 1.91. The van der Waals surface area contributed by atoms with E-state index in [2.05, 4.69) is 9.97 Å². The molecule has 0 fully saturated rings. The van der Waals surface area contributed by atoms with Gasteiger partial charge in [0.15, 0.2) is 0 Å². The third-order valence-corrected chi connectivity index (χ3v) is 2.51. The number of rotatable bonds is 3. The van der Waals surface area contributed by atoms with Crippen LogP contribution in [0.4, 0.5) is 5.82 Å². The van der Waals surface area contributed by atoms with Crippen LogP contribution >= 0.6 is 0 Å². The quantitative estimate of drug-likeness (QED) is 0.731. The number of hydrogen-bond donors (Lipinski definition) is 2. The lowest BCUT2D eigenvalue weighted by atomic mass is 10.1. The Balaban J connectivity index is 2.24. The van der Waals surface area contributed by atoms with Gasteiger partial charge in [-0.1, -0.05) is 0 Å². The first-order valence-electron chi connectivity index (χ1n) is 5.23. The van der Waals surface area contributed by atoms with Crippen molar-refractivity contribution in [2.45, 2.75) is 25.9 Å². The number of ether oxygens (including phenoxy) is 1. The average molecular weight is 208 g/mol. The molecular formula is C10H16N4O. The molecule has 15 heavy (non-hydrogen) atoms. The molecular weight excluding hydrogens is 192 g/mol. The van der Waals surface area contributed by atoms with Gasteiger partial charge in [0.25, 0.3) is 0 Å².